The molecule has 158 valence electrons. The van der Waals surface area contributed by atoms with E-state index in [-0.39, 0.29) is 0 Å². The van der Waals surface area contributed by atoms with Gasteiger partial charge in [-0.25, -0.2) is 0 Å². The predicted octanol–water partition coefficient (Wildman–Crippen LogP) is 6.54. The molecular weight excluding hydrogens is 380 g/mol. The molecule has 2 heterocycles. The minimum absolute atomic E-state index is 0.890. The SMILES string of the molecule is COc1ccc(-c2[nH]c3ccc(-c4ccccc4)cc3c2CCN2CCCCC2)cc1. The highest BCUT2D eigenvalue weighted by Crippen LogP contribution is 2.34. The summed E-state index contributed by atoms with van der Waals surface area (Å²) >= 11 is 0. The van der Waals surface area contributed by atoms with Crippen LogP contribution >= 0.6 is 0 Å². The van der Waals surface area contributed by atoms with E-state index in [0.29, 0.717) is 0 Å². The normalized spacial score (nSPS) is 14.7. The van der Waals surface area contributed by atoms with Crippen molar-refractivity contribution in [3.8, 4) is 28.1 Å². The van der Waals surface area contributed by atoms with Crippen molar-refractivity contribution in [1.82, 2.24) is 9.88 Å². The van der Waals surface area contributed by atoms with Crippen molar-refractivity contribution >= 4 is 10.9 Å². The summed E-state index contributed by atoms with van der Waals surface area (Å²) in [7, 11) is 1.72. The van der Waals surface area contributed by atoms with Gasteiger partial charge in [-0.2, -0.15) is 0 Å². The van der Waals surface area contributed by atoms with Crippen LogP contribution in [0.4, 0.5) is 0 Å². The number of aromatic nitrogens is 1. The van der Waals surface area contributed by atoms with Crippen LogP contribution in [0.1, 0.15) is 24.8 Å². The Balaban J connectivity index is 1.56. The fourth-order valence-electron chi connectivity index (χ4n) is 4.77. The Labute approximate surface area is 184 Å². The summed E-state index contributed by atoms with van der Waals surface area (Å²) in [5.41, 5.74) is 7.61. The highest BCUT2D eigenvalue weighted by Gasteiger charge is 2.17. The first-order valence-electron chi connectivity index (χ1n) is 11.4. The van der Waals surface area contributed by atoms with Crippen molar-refractivity contribution < 1.29 is 4.74 Å². The van der Waals surface area contributed by atoms with Crippen molar-refractivity contribution in [1.29, 1.82) is 0 Å². The number of H-pyrrole nitrogens is 1. The number of benzene rings is 3. The fraction of sp³-hybridized carbons (Fsp3) is 0.286. The topological polar surface area (TPSA) is 28.3 Å². The number of hydrogen-bond acceptors (Lipinski definition) is 2. The summed E-state index contributed by atoms with van der Waals surface area (Å²) in [4.78, 5) is 6.35. The van der Waals surface area contributed by atoms with Gasteiger partial charge in [-0.3, -0.25) is 0 Å². The van der Waals surface area contributed by atoms with E-state index in [4.69, 9.17) is 4.74 Å². The summed E-state index contributed by atoms with van der Waals surface area (Å²) in [6, 6.07) is 25.9. The second kappa shape index (κ2) is 8.99. The van der Waals surface area contributed by atoms with E-state index >= 15 is 0 Å². The number of rotatable bonds is 6. The van der Waals surface area contributed by atoms with Crippen LogP contribution in [0.3, 0.4) is 0 Å². The van der Waals surface area contributed by atoms with E-state index in [0.717, 1.165) is 18.7 Å². The maximum absolute atomic E-state index is 5.37. The highest BCUT2D eigenvalue weighted by atomic mass is 16.5. The second-order valence-electron chi connectivity index (χ2n) is 8.49. The van der Waals surface area contributed by atoms with Gasteiger partial charge in [0.25, 0.3) is 0 Å². The van der Waals surface area contributed by atoms with E-state index in [1.807, 2.05) is 12.1 Å². The molecule has 1 saturated heterocycles. The first kappa shape index (κ1) is 19.9. The van der Waals surface area contributed by atoms with Gasteiger partial charge < -0.3 is 14.6 Å². The molecule has 0 saturated carbocycles. The van der Waals surface area contributed by atoms with Gasteiger partial charge in [-0.05, 0) is 91.0 Å². The molecule has 0 unspecified atom stereocenters. The Morgan fingerprint density at radius 2 is 1.55 bits per heavy atom. The lowest BCUT2D eigenvalue weighted by Crippen LogP contribution is -2.31. The minimum Gasteiger partial charge on any atom is -0.497 e. The zero-order valence-electron chi connectivity index (χ0n) is 18.2. The first-order valence-corrected chi connectivity index (χ1v) is 11.4. The third kappa shape index (κ3) is 4.24. The maximum Gasteiger partial charge on any atom is 0.118 e. The molecule has 1 fully saturated rings. The first-order chi connectivity index (χ1) is 15.3. The van der Waals surface area contributed by atoms with Gasteiger partial charge in [0.1, 0.15) is 5.75 Å². The summed E-state index contributed by atoms with van der Waals surface area (Å²) in [5.74, 6) is 0.890. The molecule has 1 aliphatic heterocycles. The average molecular weight is 411 g/mol. The van der Waals surface area contributed by atoms with Crippen molar-refractivity contribution in [2.24, 2.45) is 0 Å². The Morgan fingerprint density at radius 3 is 2.29 bits per heavy atom. The van der Waals surface area contributed by atoms with Crippen LogP contribution in [0.25, 0.3) is 33.3 Å². The Bertz CT molecular complexity index is 1140. The van der Waals surface area contributed by atoms with E-state index in [9.17, 15) is 0 Å². The van der Waals surface area contributed by atoms with Crippen LogP contribution in [0.2, 0.25) is 0 Å². The van der Waals surface area contributed by atoms with Gasteiger partial charge in [0.2, 0.25) is 0 Å². The van der Waals surface area contributed by atoms with Gasteiger partial charge in [0.15, 0.2) is 0 Å². The van der Waals surface area contributed by atoms with Crippen molar-refractivity contribution in [2.45, 2.75) is 25.7 Å². The molecule has 0 amide bonds. The molecule has 4 aromatic rings. The van der Waals surface area contributed by atoms with Crippen LogP contribution in [0.15, 0.2) is 72.8 Å². The van der Waals surface area contributed by atoms with Crippen LogP contribution in [-0.4, -0.2) is 36.6 Å². The van der Waals surface area contributed by atoms with Crippen molar-refractivity contribution in [2.75, 3.05) is 26.7 Å². The molecule has 0 radical (unpaired) electrons. The average Bonchev–Trinajstić information content (AvgIpc) is 3.21. The number of aromatic amines is 1. The molecule has 3 nitrogen and oxygen atoms in total. The molecule has 0 spiro atoms. The lowest BCUT2D eigenvalue weighted by atomic mass is 9.98. The van der Waals surface area contributed by atoms with Crippen molar-refractivity contribution in [3.63, 3.8) is 0 Å². The summed E-state index contributed by atoms with van der Waals surface area (Å²) in [6.07, 6.45) is 5.09. The van der Waals surface area contributed by atoms with Crippen LogP contribution in [0.5, 0.6) is 5.75 Å². The van der Waals surface area contributed by atoms with E-state index < -0.39 is 0 Å². The molecule has 1 aliphatic rings. The summed E-state index contributed by atoms with van der Waals surface area (Å²) < 4.78 is 5.37. The van der Waals surface area contributed by atoms with Gasteiger partial charge >= 0.3 is 0 Å². The number of nitrogens with one attached hydrogen (secondary N) is 1. The zero-order chi connectivity index (χ0) is 21.0. The van der Waals surface area contributed by atoms with Crippen LogP contribution in [0, 0.1) is 0 Å². The Morgan fingerprint density at radius 1 is 0.806 bits per heavy atom. The molecule has 3 heteroatoms. The van der Waals surface area contributed by atoms with Gasteiger partial charge in [0.05, 0.1) is 7.11 Å². The molecule has 1 N–H and O–H groups in total. The zero-order valence-corrected chi connectivity index (χ0v) is 18.2. The van der Waals surface area contributed by atoms with Crippen LogP contribution in [-0.2, 0) is 6.42 Å². The number of fused-ring (bicyclic) bond motifs is 1. The van der Waals surface area contributed by atoms with Gasteiger partial charge in [0, 0.05) is 23.1 Å². The number of piperidine rings is 1. The standard InChI is InChI=1S/C28H30N2O/c1-31-24-13-10-22(11-14-24)28-25(16-19-30-17-6-3-7-18-30)26-20-23(12-15-27(26)29-28)21-8-4-2-5-9-21/h2,4-5,8-15,20,29H,3,6-7,16-19H2,1H3. The Hall–Kier alpha value is -3.04. The second-order valence-corrected chi connectivity index (χ2v) is 8.49. The van der Waals surface area contributed by atoms with E-state index in [2.05, 4.69) is 70.5 Å². The molecule has 1 aromatic heterocycles. The smallest absolute Gasteiger partial charge is 0.118 e. The third-order valence-electron chi connectivity index (χ3n) is 6.52. The molecular formula is C28H30N2O. The largest absolute Gasteiger partial charge is 0.497 e. The Kier molecular flexibility index (Phi) is 5.77. The number of likely N-dealkylation sites (tertiary alicyclic amines) is 1. The number of methoxy groups -OCH3 is 1. The molecule has 0 bridgehead atoms. The number of ether oxygens (including phenoxy) is 1. The van der Waals surface area contributed by atoms with E-state index in [1.165, 1.54) is 71.2 Å². The summed E-state index contributed by atoms with van der Waals surface area (Å²) in [5, 5.41) is 1.34. The minimum atomic E-state index is 0.890. The fourth-order valence-corrected chi connectivity index (χ4v) is 4.77. The number of nitrogens with zero attached hydrogens (tertiary/aromatic N) is 1. The third-order valence-corrected chi connectivity index (χ3v) is 6.52. The van der Waals surface area contributed by atoms with Crippen molar-refractivity contribution in [3.05, 3.63) is 78.4 Å². The van der Waals surface area contributed by atoms with Gasteiger partial charge in [-0.15, -0.1) is 0 Å². The maximum atomic E-state index is 5.37. The van der Waals surface area contributed by atoms with Gasteiger partial charge in [-0.1, -0.05) is 42.8 Å². The van der Waals surface area contributed by atoms with Crippen LogP contribution < -0.4 is 4.74 Å². The highest BCUT2D eigenvalue weighted by molar-refractivity contribution is 5.93. The molecule has 0 aliphatic carbocycles. The molecule has 0 atom stereocenters. The molecule has 3 aromatic carbocycles. The lowest BCUT2D eigenvalue weighted by Gasteiger charge is -2.26. The quantitative estimate of drug-likeness (QED) is 0.391. The lowest BCUT2D eigenvalue weighted by molar-refractivity contribution is 0.232. The number of hydrogen-bond donors (Lipinski definition) is 1. The van der Waals surface area contributed by atoms with E-state index in [1.54, 1.807) is 7.11 Å². The monoisotopic (exact) mass is 410 g/mol. The summed E-state index contributed by atoms with van der Waals surface area (Å²) in [6.45, 7) is 3.58. The molecule has 31 heavy (non-hydrogen) atoms. The predicted molar refractivity (Wildman–Crippen MR) is 130 cm³/mol. The molecule has 5 rings (SSSR count).